The summed E-state index contributed by atoms with van der Waals surface area (Å²) in [5.41, 5.74) is 1.66. The van der Waals surface area contributed by atoms with Crippen LogP contribution in [0.1, 0.15) is 10.5 Å². The highest BCUT2D eigenvalue weighted by Gasteiger charge is 2.18. The normalized spacial score (nSPS) is 13.8. The Morgan fingerprint density at radius 3 is 3.33 bits per heavy atom. The molecule has 0 aromatic carbocycles. The summed E-state index contributed by atoms with van der Waals surface area (Å²) in [5.74, 6) is -0.0610. The van der Waals surface area contributed by atoms with E-state index >= 15 is 0 Å². The molecule has 6 nitrogen and oxygen atoms in total. The standard InChI is InChI=1S/C6H7N3O3/c10-6(8-11)4-3-5-9(7-4)1-2-12-5/h3,11H,1-2H2,(H,8,10). The van der Waals surface area contributed by atoms with Gasteiger partial charge < -0.3 is 4.74 Å². The third-order valence-electron chi connectivity index (χ3n) is 1.63. The third kappa shape index (κ3) is 0.928. The van der Waals surface area contributed by atoms with Crippen LogP contribution in [0.25, 0.3) is 0 Å². The van der Waals surface area contributed by atoms with Crippen LogP contribution in [-0.2, 0) is 6.54 Å². The van der Waals surface area contributed by atoms with Gasteiger partial charge in [0.1, 0.15) is 6.61 Å². The number of aromatic nitrogens is 2. The van der Waals surface area contributed by atoms with E-state index in [-0.39, 0.29) is 5.69 Å². The molecule has 1 aliphatic heterocycles. The predicted octanol–water partition coefficient (Wildman–Crippen LogP) is -0.606. The molecule has 1 aliphatic rings. The number of carbonyl (C=O) groups excluding carboxylic acids is 1. The van der Waals surface area contributed by atoms with E-state index in [0.717, 1.165) is 0 Å². The predicted molar refractivity (Wildman–Crippen MR) is 37.0 cm³/mol. The first-order valence-electron chi connectivity index (χ1n) is 3.46. The molecular formula is C6H7N3O3. The fraction of sp³-hybridized carbons (Fsp3) is 0.333. The zero-order chi connectivity index (χ0) is 8.55. The Balaban J connectivity index is 2.31. The van der Waals surface area contributed by atoms with Crippen LogP contribution < -0.4 is 10.2 Å². The van der Waals surface area contributed by atoms with Crippen molar-refractivity contribution >= 4 is 5.91 Å². The van der Waals surface area contributed by atoms with Gasteiger partial charge in [-0.1, -0.05) is 0 Å². The Labute approximate surface area is 67.7 Å². The molecule has 0 saturated carbocycles. The number of ether oxygens (including phenoxy) is 1. The van der Waals surface area contributed by atoms with Crippen LogP contribution in [0.3, 0.4) is 0 Å². The smallest absolute Gasteiger partial charge is 0.295 e. The number of carbonyl (C=O) groups is 1. The lowest BCUT2D eigenvalue weighted by Gasteiger charge is -1.91. The van der Waals surface area contributed by atoms with Gasteiger partial charge in [0.05, 0.1) is 6.54 Å². The molecule has 1 amide bonds. The molecule has 2 N–H and O–H groups in total. The highest BCUT2D eigenvalue weighted by molar-refractivity contribution is 5.91. The molecule has 0 spiro atoms. The molecule has 0 aliphatic carbocycles. The SMILES string of the molecule is O=C(NO)c1cc2n(n1)CCO2. The van der Waals surface area contributed by atoms with Gasteiger partial charge in [-0.2, -0.15) is 5.10 Å². The molecule has 0 atom stereocenters. The maximum Gasteiger partial charge on any atom is 0.295 e. The van der Waals surface area contributed by atoms with Crippen LogP contribution in [-0.4, -0.2) is 27.5 Å². The van der Waals surface area contributed by atoms with E-state index in [4.69, 9.17) is 9.94 Å². The van der Waals surface area contributed by atoms with Crippen molar-refractivity contribution in [3.63, 3.8) is 0 Å². The highest BCUT2D eigenvalue weighted by Crippen LogP contribution is 2.17. The van der Waals surface area contributed by atoms with E-state index < -0.39 is 5.91 Å². The molecule has 2 heterocycles. The van der Waals surface area contributed by atoms with Gasteiger partial charge in [0, 0.05) is 6.07 Å². The Morgan fingerprint density at radius 1 is 1.83 bits per heavy atom. The summed E-state index contributed by atoms with van der Waals surface area (Å²) < 4.78 is 6.69. The lowest BCUT2D eigenvalue weighted by Crippen LogP contribution is -2.19. The van der Waals surface area contributed by atoms with E-state index in [0.29, 0.717) is 19.0 Å². The molecule has 0 saturated heterocycles. The van der Waals surface area contributed by atoms with Crippen molar-refractivity contribution in [1.82, 2.24) is 15.3 Å². The molecule has 1 aromatic rings. The van der Waals surface area contributed by atoms with Crippen molar-refractivity contribution in [3.8, 4) is 5.88 Å². The minimum absolute atomic E-state index is 0.159. The lowest BCUT2D eigenvalue weighted by atomic mass is 10.4. The summed E-state index contributed by atoms with van der Waals surface area (Å²) in [7, 11) is 0. The molecule has 6 heteroatoms. The fourth-order valence-electron chi connectivity index (χ4n) is 1.08. The largest absolute Gasteiger partial charge is 0.476 e. The van der Waals surface area contributed by atoms with Crippen LogP contribution in [0.2, 0.25) is 0 Å². The molecule has 0 radical (unpaired) electrons. The van der Waals surface area contributed by atoms with Crippen LogP contribution in [0.15, 0.2) is 6.07 Å². The van der Waals surface area contributed by atoms with Gasteiger partial charge in [-0.3, -0.25) is 10.0 Å². The third-order valence-corrected chi connectivity index (χ3v) is 1.63. The molecule has 0 bridgehead atoms. The number of nitrogens with zero attached hydrogens (tertiary/aromatic N) is 2. The Kier molecular flexibility index (Phi) is 1.47. The average Bonchev–Trinajstić information content (AvgIpc) is 2.60. The van der Waals surface area contributed by atoms with E-state index in [1.54, 1.807) is 4.68 Å². The second kappa shape index (κ2) is 2.49. The van der Waals surface area contributed by atoms with Crippen molar-refractivity contribution in [1.29, 1.82) is 0 Å². The van der Waals surface area contributed by atoms with E-state index in [2.05, 4.69) is 5.10 Å². The van der Waals surface area contributed by atoms with E-state index in [9.17, 15) is 4.79 Å². The maximum atomic E-state index is 10.8. The van der Waals surface area contributed by atoms with Gasteiger partial charge in [-0.15, -0.1) is 0 Å². The van der Waals surface area contributed by atoms with Crippen LogP contribution in [0.5, 0.6) is 5.88 Å². The van der Waals surface area contributed by atoms with Gasteiger partial charge in [0.15, 0.2) is 5.69 Å². The number of fused-ring (bicyclic) bond motifs is 1. The van der Waals surface area contributed by atoms with Crippen LogP contribution in [0.4, 0.5) is 0 Å². The first-order chi connectivity index (χ1) is 5.81. The second-order valence-corrected chi connectivity index (χ2v) is 2.38. The van der Waals surface area contributed by atoms with Crippen molar-refractivity contribution < 1.29 is 14.7 Å². The minimum atomic E-state index is -0.625. The first-order valence-corrected chi connectivity index (χ1v) is 3.46. The van der Waals surface area contributed by atoms with Crippen molar-refractivity contribution in [3.05, 3.63) is 11.8 Å². The monoisotopic (exact) mass is 169 g/mol. The first kappa shape index (κ1) is 7.11. The minimum Gasteiger partial charge on any atom is -0.476 e. The van der Waals surface area contributed by atoms with Gasteiger partial charge in [0.25, 0.3) is 5.91 Å². The molecule has 2 rings (SSSR count). The van der Waals surface area contributed by atoms with Crippen molar-refractivity contribution in [2.45, 2.75) is 6.54 Å². The number of nitrogens with one attached hydrogen (secondary N) is 1. The number of hydrogen-bond acceptors (Lipinski definition) is 4. The zero-order valence-electron chi connectivity index (χ0n) is 6.15. The van der Waals surface area contributed by atoms with E-state index in [1.807, 2.05) is 0 Å². The summed E-state index contributed by atoms with van der Waals surface area (Å²) in [6, 6.07) is 1.48. The molecular weight excluding hydrogens is 162 g/mol. The summed E-state index contributed by atoms with van der Waals surface area (Å²) in [5, 5.41) is 12.2. The van der Waals surface area contributed by atoms with Crippen molar-refractivity contribution in [2.75, 3.05) is 6.61 Å². The molecule has 1 aromatic heterocycles. The second-order valence-electron chi connectivity index (χ2n) is 2.38. The number of hydroxylamine groups is 1. The average molecular weight is 169 g/mol. The molecule has 64 valence electrons. The maximum absolute atomic E-state index is 10.8. The number of hydrogen-bond donors (Lipinski definition) is 2. The van der Waals surface area contributed by atoms with E-state index in [1.165, 1.54) is 11.5 Å². The van der Waals surface area contributed by atoms with Gasteiger partial charge in [-0.25, -0.2) is 10.2 Å². The quantitative estimate of drug-likeness (QED) is 0.434. The number of rotatable bonds is 1. The summed E-state index contributed by atoms with van der Waals surface area (Å²) >= 11 is 0. The Hall–Kier alpha value is -1.56. The van der Waals surface area contributed by atoms with Gasteiger partial charge >= 0.3 is 0 Å². The zero-order valence-corrected chi connectivity index (χ0v) is 6.15. The summed E-state index contributed by atoms with van der Waals surface area (Å²) in [4.78, 5) is 10.8. The lowest BCUT2D eigenvalue weighted by molar-refractivity contribution is 0.0699. The van der Waals surface area contributed by atoms with Gasteiger partial charge in [0.2, 0.25) is 5.88 Å². The number of amides is 1. The Bertz CT molecular complexity index is 298. The Morgan fingerprint density at radius 2 is 2.67 bits per heavy atom. The highest BCUT2D eigenvalue weighted by atomic mass is 16.5. The molecule has 12 heavy (non-hydrogen) atoms. The fourth-order valence-corrected chi connectivity index (χ4v) is 1.08. The topological polar surface area (TPSA) is 76.4 Å². The summed E-state index contributed by atoms with van der Waals surface area (Å²) in [6.45, 7) is 1.23. The van der Waals surface area contributed by atoms with Gasteiger partial charge in [-0.05, 0) is 0 Å². The van der Waals surface area contributed by atoms with Crippen molar-refractivity contribution in [2.24, 2.45) is 0 Å². The van der Waals surface area contributed by atoms with Crippen LogP contribution in [0, 0.1) is 0 Å². The molecule has 0 unspecified atom stereocenters. The summed E-state index contributed by atoms with van der Waals surface area (Å²) in [6.07, 6.45) is 0. The van der Waals surface area contributed by atoms with Crippen LogP contribution >= 0.6 is 0 Å². The molecule has 0 fully saturated rings.